The van der Waals surface area contributed by atoms with Crippen molar-refractivity contribution < 1.29 is 24.2 Å². The van der Waals surface area contributed by atoms with Gasteiger partial charge < -0.3 is 20.5 Å². The van der Waals surface area contributed by atoms with E-state index >= 15 is 0 Å². The smallest absolute Gasteiger partial charge is 0.306 e. The molecule has 0 radical (unpaired) electrons. The minimum atomic E-state index is -0.794. The molecule has 0 aromatic heterocycles. The first-order valence-electron chi connectivity index (χ1n) is 10.8. The Hall–Kier alpha value is -2.93. The van der Waals surface area contributed by atoms with Crippen LogP contribution in [-0.4, -0.2) is 47.7 Å². The molecule has 0 aliphatic rings. The van der Waals surface area contributed by atoms with Gasteiger partial charge in [-0.25, -0.2) is 0 Å². The average Bonchev–Trinajstić information content (AvgIpc) is 2.76. The van der Waals surface area contributed by atoms with Crippen molar-refractivity contribution in [1.82, 2.24) is 10.6 Å². The number of esters is 1. The average molecular weight is 445 g/mol. The Kier molecular flexibility index (Phi) is 12.0. The van der Waals surface area contributed by atoms with Crippen LogP contribution in [0.15, 0.2) is 55.6 Å². The number of carbonyl (C=O) groups excluding carboxylic acids is 3. The van der Waals surface area contributed by atoms with Crippen LogP contribution >= 0.6 is 0 Å². The molecule has 0 heterocycles. The van der Waals surface area contributed by atoms with E-state index in [4.69, 9.17) is 4.74 Å². The number of aliphatic hydroxyl groups is 1. The number of ether oxygens (including phenoxy) is 1. The quantitative estimate of drug-likeness (QED) is 0.285. The van der Waals surface area contributed by atoms with Crippen molar-refractivity contribution in [3.05, 3.63) is 61.2 Å². The molecule has 0 spiro atoms. The maximum Gasteiger partial charge on any atom is 0.306 e. The lowest BCUT2D eigenvalue weighted by Crippen LogP contribution is -2.50. The van der Waals surface area contributed by atoms with E-state index in [9.17, 15) is 19.5 Å². The molecule has 0 saturated carbocycles. The lowest BCUT2D eigenvalue weighted by Gasteiger charge is -2.28. The van der Waals surface area contributed by atoms with Gasteiger partial charge >= 0.3 is 5.97 Å². The highest BCUT2D eigenvalue weighted by molar-refractivity contribution is 5.86. The predicted octanol–water partition coefficient (Wildman–Crippen LogP) is 2.69. The molecular weight excluding hydrogens is 408 g/mol. The summed E-state index contributed by atoms with van der Waals surface area (Å²) in [4.78, 5) is 37.1. The number of aliphatic hydroxyl groups excluding tert-OH is 1. The molecule has 1 rings (SSSR count). The largest absolute Gasteiger partial charge is 0.463 e. The van der Waals surface area contributed by atoms with E-state index in [-0.39, 0.29) is 43.8 Å². The van der Waals surface area contributed by atoms with Crippen molar-refractivity contribution >= 4 is 17.8 Å². The van der Waals surface area contributed by atoms with Gasteiger partial charge in [-0.2, -0.15) is 0 Å². The lowest BCUT2D eigenvalue weighted by molar-refractivity contribution is -0.146. The number of benzene rings is 1. The highest BCUT2D eigenvalue weighted by Crippen LogP contribution is 2.14. The summed E-state index contributed by atoms with van der Waals surface area (Å²) in [5.41, 5.74) is 0.203. The second kappa shape index (κ2) is 14.2. The summed E-state index contributed by atoms with van der Waals surface area (Å²) >= 11 is 0. The van der Waals surface area contributed by atoms with Crippen LogP contribution in [0.4, 0.5) is 0 Å². The van der Waals surface area contributed by atoms with E-state index in [1.807, 2.05) is 30.3 Å². The van der Waals surface area contributed by atoms with Crippen LogP contribution in [0.5, 0.6) is 0 Å². The number of amides is 2. The third kappa shape index (κ3) is 10.9. The van der Waals surface area contributed by atoms with E-state index in [2.05, 4.69) is 23.8 Å². The fourth-order valence-electron chi connectivity index (χ4n) is 3.08. The van der Waals surface area contributed by atoms with Crippen molar-refractivity contribution in [2.45, 2.75) is 57.5 Å². The molecule has 1 aromatic rings. The second-order valence-electron chi connectivity index (χ2n) is 8.42. The van der Waals surface area contributed by atoms with Crippen LogP contribution in [0.3, 0.4) is 0 Å². The Labute approximate surface area is 190 Å². The third-order valence-corrected chi connectivity index (χ3v) is 4.77. The maximum atomic E-state index is 12.8. The zero-order valence-corrected chi connectivity index (χ0v) is 19.1. The van der Waals surface area contributed by atoms with Gasteiger partial charge in [-0.15, -0.1) is 13.2 Å². The Morgan fingerprint density at radius 1 is 1.16 bits per heavy atom. The van der Waals surface area contributed by atoms with Gasteiger partial charge in [0.1, 0.15) is 6.61 Å². The lowest BCUT2D eigenvalue weighted by atomic mass is 9.97. The molecule has 0 aliphatic heterocycles. The fraction of sp³-hybridized carbons (Fsp3) is 0.480. The zero-order valence-electron chi connectivity index (χ0n) is 19.1. The van der Waals surface area contributed by atoms with Crippen molar-refractivity contribution in [2.75, 3.05) is 13.2 Å². The topological polar surface area (TPSA) is 105 Å². The van der Waals surface area contributed by atoms with Crippen molar-refractivity contribution in [1.29, 1.82) is 0 Å². The molecule has 2 amide bonds. The van der Waals surface area contributed by atoms with E-state index < -0.39 is 17.5 Å². The normalized spacial score (nSPS) is 12.8. The van der Waals surface area contributed by atoms with Crippen LogP contribution in [0, 0.1) is 5.92 Å². The number of rotatable bonds is 15. The Balaban J connectivity index is 2.62. The third-order valence-electron chi connectivity index (χ3n) is 4.77. The number of hydrogen-bond acceptors (Lipinski definition) is 5. The van der Waals surface area contributed by atoms with Crippen LogP contribution in [0.2, 0.25) is 0 Å². The standard InChI is InChI=1S/C25H36N2O5/c1-5-7-14-23(30)32-18-25(3,4)27-24(31)20(11-6-2)16-22(29)26-21(17-28)15-19-12-9-8-10-13-19/h5-6,8-10,12-13,20-21,28H,1-2,7,11,14-18H2,3-4H3,(H,26,29)(H,27,31)/t20-,21+/m1/s1. The first-order valence-corrected chi connectivity index (χ1v) is 10.8. The molecule has 32 heavy (non-hydrogen) atoms. The predicted molar refractivity (Wildman–Crippen MR) is 125 cm³/mol. The zero-order chi connectivity index (χ0) is 24.0. The molecule has 3 N–H and O–H groups in total. The summed E-state index contributed by atoms with van der Waals surface area (Å²) in [6, 6.07) is 9.11. The van der Waals surface area contributed by atoms with E-state index in [0.29, 0.717) is 19.3 Å². The Bertz CT molecular complexity index is 761. The number of hydrogen-bond donors (Lipinski definition) is 3. The molecule has 7 nitrogen and oxygen atoms in total. The number of carbonyl (C=O) groups is 3. The molecule has 0 unspecified atom stereocenters. The van der Waals surface area contributed by atoms with Crippen molar-refractivity contribution in [3.8, 4) is 0 Å². The summed E-state index contributed by atoms with van der Waals surface area (Å²) < 4.78 is 5.23. The fourth-order valence-corrected chi connectivity index (χ4v) is 3.08. The van der Waals surface area contributed by atoms with Crippen LogP contribution in [-0.2, 0) is 25.5 Å². The van der Waals surface area contributed by atoms with Gasteiger partial charge in [0, 0.05) is 12.8 Å². The molecule has 7 heteroatoms. The molecule has 1 aromatic carbocycles. The summed E-state index contributed by atoms with van der Waals surface area (Å²) in [7, 11) is 0. The van der Waals surface area contributed by atoms with E-state index in [1.54, 1.807) is 26.0 Å². The van der Waals surface area contributed by atoms with E-state index in [0.717, 1.165) is 5.56 Å². The van der Waals surface area contributed by atoms with E-state index in [1.165, 1.54) is 0 Å². The van der Waals surface area contributed by atoms with Gasteiger partial charge in [-0.1, -0.05) is 42.5 Å². The highest BCUT2D eigenvalue weighted by atomic mass is 16.5. The van der Waals surface area contributed by atoms with Gasteiger partial charge in [-0.3, -0.25) is 14.4 Å². The van der Waals surface area contributed by atoms with Gasteiger partial charge in [0.05, 0.1) is 24.1 Å². The maximum absolute atomic E-state index is 12.8. The second-order valence-corrected chi connectivity index (χ2v) is 8.42. The van der Waals surface area contributed by atoms with Gasteiger partial charge in [0.25, 0.3) is 0 Å². The molecule has 0 aliphatic carbocycles. The van der Waals surface area contributed by atoms with Crippen LogP contribution in [0.1, 0.15) is 45.1 Å². The molecule has 0 bridgehead atoms. The first-order chi connectivity index (χ1) is 15.2. The summed E-state index contributed by atoms with van der Waals surface area (Å²) in [6.45, 7) is 10.6. The summed E-state index contributed by atoms with van der Waals surface area (Å²) in [5.74, 6) is -1.63. The minimum Gasteiger partial charge on any atom is -0.463 e. The molecule has 0 fully saturated rings. The summed E-state index contributed by atoms with van der Waals surface area (Å²) in [6.07, 6.45) is 4.76. The molecule has 0 saturated heterocycles. The van der Waals surface area contributed by atoms with Crippen LogP contribution in [0.25, 0.3) is 0 Å². The van der Waals surface area contributed by atoms with Crippen molar-refractivity contribution in [2.24, 2.45) is 5.92 Å². The minimum absolute atomic E-state index is 0.0192. The Morgan fingerprint density at radius 2 is 1.84 bits per heavy atom. The SMILES string of the molecule is C=CCCC(=O)OCC(C)(C)NC(=O)[C@H](CC=C)CC(=O)N[C@H](CO)Cc1ccccc1. The van der Waals surface area contributed by atoms with Gasteiger partial charge in [0.2, 0.25) is 11.8 Å². The first kappa shape index (κ1) is 27.1. The van der Waals surface area contributed by atoms with Crippen LogP contribution < -0.4 is 10.6 Å². The Morgan fingerprint density at radius 3 is 2.44 bits per heavy atom. The number of nitrogens with one attached hydrogen (secondary N) is 2. The number of allylic oxidation sites excluding steroid dienone is 2. The molecular formula is C25H36N2O5. The van der Waals surface area contributed by atoms with Gasteiger partial charge in [0.15, 0.2) is 0 Å². The van der Waals surface area contributed by atoms with Crippen molar-refractivity contribution in [3.63, 3.8) is 0 Å². The van der Waals surface area contributed by atoms with Gasteiger partial charge in [-0.05, 0) is 38.7 Å². The molecule has 2 atom stereocenters. The highest BCUT2D eigenvalue weighted by Gasteiger charge is 2.28. The summed E-state index contributed by atoms with van der Waals surface area (Å²) in [5, 5.41) is 15.3. The monoisotopic (exact) mass is 444 g/mol. The molecule has 176 valence electrons.